The quantitative estimate of drug-likeness (QED) is 0.811. The second kappa shape index (κ2) is 4.23. The van der Waals surface area contributed by atoms with Gasteiger partial charge in [-0.3, -0.25) is 0 Å². The van der Waals surface area contributed by atoms with Crippen LogP contribution in [0.2, 0.25) is 0 Å². The maximum absolute atomic E-state index is 5.58. The highest BCUT2D eigenvalue weighted by atomic mass is 16.7. The van der Waals surface area contributed by atoms with Crippen molar-refractivity contribution in [3.63, 3.8) is 0 Å². The normalized spacial score (nSPS) is 23.2. The van der Waals surface area contributed by atoms with Crippen LogP contribution in [0.1, 0.15) is 13.8 Å². The van der Waals surface area contributed by atoms with E-state index < -0.39 is 5.79 Å². The zero-order chi connectivity index (χ0) is 11.6. The summed E-state index contributed by atoms with van der Waals surface area (Å²) in [6.45, 7) is 4.65. The van der Waals surface area contributed by atoms with E-state index in [-0.39, 0.29) is 12.1 Å². The Kier molecular flexibility index (Phi) is 2.93. The van der Waals surface area contributed by atoms with E-state index in [1.807, 2.05) is 13.8 Å². The van der Waals surface area contributed by atoms with Gasteiger partial charge in [0.05, 0.1) is 6.61 Å². The van der Waals surface area contributed by atoms with Crippen molar-refractivity contribution in [2.75, 3.05) is 18.9 Å². The summed E-state index contributed by atoms with van der Waals surface area (Å²) in [7, 11) is 0. The second-order valence-electron chi connectivity index (χ2n) is 4.01. The highest BCUT2D eigenvalue weighted by Crippen LogP contribution is 2.22. The van der Waals surface area contributed by atoms with E-state index >= 15 is 0 Å². The van der Waals surface area contributed by atoms with Gasteiger partial charge in [-0.2, -0.15) is 4.98 Å². The first-order chi connectivity index (χ1) is 7.55. The topological polar surface area (TPSA) is 79.5 Å². The Labute approximate surface area is 93.7 Å². The maximum Gasteiger partial charge on any atom is 0.223 e. The third-order valence-electron chi connectivity index (χ3n) is 2.13. The van der Waals surface area contributed by atoms with Gasteiger partial charge in [0.1, 0.15) is 12.7 Å². The van der Waals surface area contributed by atoms with E-state index in [1.54, 1.807) is 12.3 Å². The summed E-state index contributed by atoms with van der Waals surface area (Å²) in [6, 6.07) is 1.65. The minimum atomic E-state index is -0.529. The van der Waals surface area contributed by atoms with Gasteiger partial charge >= 0.3 is 0 Å². The third-order valence-corrected chi connectivity index (χ3v) is 2.13. The highest BCUT2D eigenvalue weighted by molar-refractivity contribution is 5.20. The molecule has 0 aromatic carbocycles. The van der Waals surface area contributed by atoms with Gasteiger partial charge in [-0.1, -0.05) is 0 Å². The van der Waals surface area contributed by atoms with E-state index in [2.05, 4.69) is 9.97 Å². The van der Waals surface area contributed by atoms with Crippen LogP contribution >= 0.6 is 0 Å². The van der Waals surface area contributed by atoms with E-state index in [0.717, 1.165) is 0 Å². The number of anilines is 1. The van der Waals surface area contributed by atoms with Crippen molar-refractivity contribution in [3.05, 3.63) is 12.3 Å². The smallest absolute Gasteiger partial charge is 0.223 e. The van der Waals surface area contributed by atoms with Gasteiger partial charge in [0.15, 0.2) is 5.79 Å². The molecule has 0 radical (unpaired) electrons. The van der Waals surface area contributed by atoms with Crippen LogP contribution in [0.3, 0.4) is 0 Å². The number of nitrogens with two attached hydrogens (primary N) is 1. The molecular weight excluding hydrogens is 210 g/mol. The Bertz CT molecular complexity index is 370. The van der Waals surface area contributed by atoms with Crippen LogP contribution in [0.5, 0.6) is 5.88 Å². The fourth-order valence-corrected chi connectivity index (χ4v) is 1.46. The fraction of sp³-hybridized carbons (Fsp3) is 0.600. The lowest BCUT2D eigenvalue weighted by Crippen LogP contribution is -2.25. The van der Waals surface area contributed by atoms with Crippen molar-refractivity contribution in [2.45, 2.75) is 25.7 Å². The summed E-state index contributed by atoms with van der Waals surface area (Å²) < 4.78 is 16.4. The standard InChI is InChI=1S/C10H15N3O3/c1-10(2)15-6-7(16-10)5-14-8-3-4-12-9(11)13-8/h3-4,7H,5-6H2,1-2H3,(H2,11,12,13). The highest BCUT2D eigenvalue weighted by Gasteiger charge is 2.32. The van der Waals surface area contributed by atoms with Crippen LogP contribution in [0.4, 0.5) is 5.95 Å². The van der Waals surface area contributed by atoms with Crippen molar-refractivity contribution < 1.29 is 14.2 Å². The molecule has 0 aliphatic carbocycles. The molecule has 2 rings (SSSR count). The molecule has 0 saturated carbocycles. The summed E-state index contributed by atoms with van der Waals surface area (Å²) in [5.74, 6) is 0.112. The Hall–Kier alpha value is -1.40. The SMILES string of the molecule is CC1(C)OCC(COc2ccnc(N)n2)O1. The molecule has 1 unspecified atom stereocenters. The molecule has 0 bridgehead atoms. The predicted octanol–water partition coefficient (Wildman–Crippen LogP) is 0.589. The lowest BCUT2D eigenvalue weighted by Gasteiger charge is -2.17. The number of nitrogen functional groups attached to an aromatic ring is 1. The van der Waals surface area contributed by atoms with Gasteiger partial charge in [-0.05, 0) is 13.8 Å². The summed E-state index contributed by atoms with van der Waals surface area (Å²) >= 11 is 0. The number of ether oxygens (including phenoxy) is 3. The van der Waals surface area contributed by atoms with E-state index in [4.69, 9.17) is 19.9 Å². The minimum Gasteiger partial charge on any atom is -0.475 e. The molecule has 1 saturated heterocycles. The van der Waals surface area contributed by atoms with Crippen molar-refractivity contribution >= 4 is 5.95 Å². The van der Waals surface area contributed by atoms with E-state index in [9.17, 15) is 0 Å². The molecule has 1 fully saturated rings. The molecular formula is C10H15N3O3. The van der Waals surface area contributed by atoms with E-state index in [1.165, 1.54) is 0 Å². The summed E-state index contributed by atoms with van der Waals surface area (Å²) in [5, 5.41) is 0. The van der Waals surface area contributed by atoms with Gasteiger partial charge in [-0.25, -0.2) is 4.98 Å². The Morgan fingerprint density at radius 2 is 2.44 bits per heavy atom. The summed E-state index contributed by atoms with van der Waals surface area (Å²) in [5.41, 5.74) is 5.43. The zero-order valence-electron chi connectivity index (χ0n) is 9.34. The zero-order valence-corrected chi connectivity index (χ0v) is 9.34. The Morgan fingerprint density at radius 3 is 3.06 bits per heavy atom. The molecule has 88 valence electrons. The molecule has 2 N–H and O–H groups in total. The van der Waals surface area contributed by atoms with Crippen LogP contribution in [0, 0.1) is 0 Å². The molecule has 1 aromatic rings. The van der Waals surface area contributed by atoms with Crippen molar-refractivity contribution in [1.82, 2.24) is 9.97 Å². The fourth-order valence-electron chi connectivity index (χ4n) is 1.46. The maximum atomic E-state index is 5.58. The van der Waals surface area contributed by atoms with E-state index in [0.29, 0.717) is 19.1 Å². The van der Waals surface area contributed by atoms with Gasteiger partial charge in [0.25, 0.3) is 0 Å². The Morgan fingerprint density at radius 1 is 1.62 bits per heavy atom. The molecule has 1 aliphatic rings. The van der Waals surface area contributed by atoms with Gasteiger partial charge in [0.2, 0.25) is 11.8 Å². The van der Waals surface area contributed by atoms with Crippen LogP contribution in [0.15, 0.2) is 12.3 Å². The molecule has 6 heteroatoms. The van der Waals surface area contributed by atoms with Gasteiger partial charge < -0.3 is 19.9 Å². The Balaban J connectivity index is 1.84. The third kappa shape index (κ3) is 2.80. The first kappa shape index (κ1) is 11.1. The average molecular weight is 225 g/mol. The lowest BCUT2D eigenvalue weighted by molar-refractivity contribution is -0.141. The molecule has 0 amide bonds. The summed E-state index contributed by atoms with van der Waals surface area (Å²) in [4.78, 5) is 7.69. The van der Waals surface area contributed by atoms with Crippen LogP contribution in [0.25, 0.3) is 0 Å². The van der Waals surface area contributed by atoms with Crippen molar-refractivity contribution in [2.24, 2.45) is 0 Å². The van der Waals surface area contributed by atoms with Crippen molar-refractivity contribution in [3.8, 4) is 5.88 Å². The second-order valence-corrected chi connectivity index (χ2v) is 4.01. The average Bonchev–Trinajstić information content (AvgIpc) is 2.56. The van der Waals surface area contributed by atoms with Crippen LogP contribution in [-0.4, -0.2) is 35.1 Å². The lowest BCUT2D eigenvalue weighted by atomic mass is 10.4. The molecule has 1 atom stereocenters. The molecule has 0 spiro atoms. The van der Waals surface area contributed by atoms with Crippen molar-refractivity contribution in [1.29, 1.82) is 0 Å². The first-order valence-electron chi connectivity index (χ1n) is 5.08. The molecule has 2 heterocycles. The van der Waals surface area contributed by atoms with Crippen LogP contribution in [-0.2, 0) is 9.47 Å². The summed E-state index contributed by atoms with van der Waals surface area (Å²) in [6.07, 6.45) is 1.47. The largest absolute Gasteiger partial charge is 0.475 e. The van der Waals surface area contributed by atoms with Gasteiger partial charge in [0, 0.05) is 12.3 Å². The molecule has 16 heavy (non-hydrogen) atoms. The monoisotopic (exact) mass is 225 g/mol. The number of hydrogen-bond donors (Lipinski definition) is 1. The first-order valence-corrected chi connectivity index (χ1v) is 5.08. The number of hydrogen-bond acceptors (Lipinski definition) is 6. The number of aromatic nitrogens is 2. The molecule has 1 aliphatic heterocycles. The van der Waals surface area contributed by atoms with Gasteiger partial charge in [-0.15, -0.1) is 0 Å². The predicted molar refractivity (Wildman–Crippen MR) is 56.8 cm³/mol. The number of nitrogens with zero attached hydrogens (tertiary/aromatic N) is 2. The number of rotatable bonds is 3. The molecule has 6 nitrogen and oxygen atoms in total. The molecule has 1 aromatic heterocycles. The van der Waals surface area contributed by atoms with Crippen LogP contribution < -0.4 is 10.5 Å². The minimum absolute atomic E-state index is 0.0776.